The number of likely N-dealkylation sites (tertiary alicyclic amines) is 1. The zero-order chi connectivity index (χ0) is 27.5. The van der Waals surface area contributed by atoms with E-state index in [1.807, 2.05) is 40.8 Å². The Morgan fingerprint density at radius 1 is 1.05 bits per heavy atom. The van der Waals surface area contributed by atoms with Gasteiger partial charge in [-0.05, 0) is 43.0 Å². The number of fused-ring (bicyclic) bond motifs is 1. The molecule has 2 heterocycles. The molecule has 39 heavy (non-hydrogen) atoms. The highest BCUT2D eigenvalue weighted by Gasteiger charge is 2.36. The van der Waals surface area contributed by atoms with E-state index in [-0.39, 0.29) is 36.5 Å². The van der Waals surface area contributed by atoms with Crippen molar-refractivity contribution in [3.05, 3.63) is 63.8 Å². The summed E-state index contributed by atoms with van der Waals surface area (Å²) in [4.78, 5) is 28.4. The van der Waals surface area contributed by atoms with E-state index in [2.05, 4.69) is 5.32 Å². The summed E-state index contributed by atoms with van der Waals surface area (Å²) in [6.45, 7) is 1.04. The molecule has 0 bridgehead atoms. The first-order valence-corrected chi connectivity index (χ1v) is 14.4. The molecule has 1 aliphatic carbocycles. The summed E-state index contributed by atoms with van der Waals surface area (Å²) >= 11 is 13.2. The fraction of sp³-hybridized carbons (Fsp3) is 0.467. The lowest BCUT2D eigenvalue weighted by molar-refractivity contribution is -0.133. The molecule has 1 aromatic heterocycles. The number of benzene rings is 2. The van der Waals surface area contributed by atoms with Gasteiger partial charge < -0.3 is 24.3 Å². The lowest BCUT2D eigenvalue weighted by atomic mass is 9.98. The van der Waals surface area contributed by atoms with E-state index < -0.39 is 0 Å². The van der Waals surface area contributed by atoms with E-state index >= 15 is 0 Å². The first-order chi connectivity index (χ1) is 18.8. The molecule has 2 aromatic carbocycles. The minimum atomic E-state index is -0.280. The van der Waals surface area contributed by atoms with Gasteiger partial charge in [0.2, 0.25) is 5.91 Å². The minimum absolute atomic E-state index is 0.0142. The summed E-state index contributed by atoms with van der Waals surface area (Å²) in [5, 5.41) is 4.43. The van der Waals surface area contributed by atoms with E-state index in [0.717, 1.165) is 30.2 Å². The van der Waals surface area contributed by atoms with Gasteiger partial charge in [-0.1, -0.05) is 60.7 Å². The molecule has 1 saturated carbocycles. The third kappa shape index (κ3) is 6.27. The van der Waals surface area contributed by atoms with Gasteiger partial charge in [0.1, 0.15) is 0 Å². The smallest absolute Gasteiger partial charge is 0.257 e. The molecule has 2 aliphatic rings. The standard InChI is InChI=1S/C30H35Cl2N3O4/c1-34-17-24(23-10-6-7-11-28(23)34)30(37)33-27-15-25(31)19(12-26(27)32)13-29(36)35-16-22(38-2)14-20(35)18-39-21-8-4-3-5-9-21/h6-7,10-12,15,17,20-22H,3-5,8-9,13-14,16,18H2,1-2H3,(H,33,37)/t20-,22-/m0/s1. The highest BCUT2D eigenvalue weighted by Crippen LogP contribution is 2.32. The maximum Gasteiger partial charge on any atom is 0.257 e. The molecule has 7 nitrogen and oxygen atoms in total. The number of aryl methyl sites for hydroxylation is 1. The largest absolute Gasteiger partial charge is 0.380 e. The van der Waals surface area contributed by atoms with Crippen molar-refractivity contribution in [3.8, 4) is 0 Å². The van der Waals surface area contributed by atoms with Gasteiger partial charge in [0, 0.05) is 42.8 Å². The Morgan fingerprint density at radius 2 is 1.82 bits per heavy atom. The molecule has 5 rings (SSSR count). The van der Waals surface area contributed by atoms with Gasteiger partial charge in [-0.3, -0.25) is 9.59 Å². The van der Waals surface area contributed by atoms with Crippen molar-refractivity contribution in [2.45, 2.75) is 63.2 Å². The molecule has 1 saturated heterocycles. The van der Waals surface area contributed by atoms with Crippen LogP contribution in [-0.4, -0.2) is 59.8 Å². The number of nitrogens with one attached hydrogen (secondary N) is 1. The number of methoxy groups -OCH3 is 1. The Kier molecular flexibility index (Phi) is 8.82. The topological polar surface area (TPSA) is 72.8 Å². The first kappa shape index (κ1) is 28.0. The van der Waals surface area contributed by atoms with E-state index in [1.54, 1.807) is 25.4 Å². The number of hydrogen-bond acceptors (Lipinski definition) is 4. The van der Waals surface area contributed by atoms with Crippen LogP contribution < -0.4 is 5.32 Å². The maximum atomic E-state index is 13.4. The van der Waals surface area contributed by atoms with Crippen molar-refractivity contribution in [1.29, 1.82) is 0 Å². The molecule has 208 valence electrons. The second kappa shape index (κ2) is 12.3. The minimum Gasteiger partial charge on any atom is -0.380 e. The lowest BCUT2D eigenvalue weighted by Gasteiger charge is -2.28. The van der Waals surface area contributed by atoms with Crippen LogP contribution in [0.4, 0.5) is 5.69 Å². The number of aromatic nitrogens is 1. The Labute approximate surface area is 239 Å². The van der Waals surface area contributed by atoms with Crippen LogP contribution in [0, 0.1) is 0 Å². The zero-order valence-electron chi connectivity index (χ0n) is 22.4. The van der Waals surface area contributed by atoms with Crippen LogP contribution in [0.1, 0.15) is 54.4 Å². The fourth-order valence-electron chi connectivity index (χ4n) is 5.78. The molecule has 0 spiro atoms. The number of nitrogens with zero attached hydrogens (tertiary/aromatic N) is 2. The molecule has 1 N–H and O–H groups in total. The monoisotopic (exact) mass is 571 g/mol. The zero-order valence-corrected chi connectivity index (χ0v) is 23.9. The van der Waals surface area contributed by atoms with Gasteiger partial charge in [0.15, 0.2) is 0 Å². The summed E-state index contributed by atoms with van der Waals surface area (Å²) < 4.78 is 13.7. The van der Waals surface area contributed by atoms with E-state index in [4.69, 9.17) is 32.7 Å². The molecule has 3 aromatic rings. The highest BCUT2D eigenvalue weighted by atomic mass is 35.5. The van der Waals surface area contributed by atoms with E-state index in [0.29, 0.717) is 40.0 Å². The SMILES string of the molecule is CO[C@H]1C[C@@H](COC2CCCCC2)N(C(=O)Cc2cc(Cl)c(NC(=O)c3cn(C)c4ccccc34)cc2Cl)C1. The van der Waals surface area contributed by atoms with Crippen molar-refractivity contribution in [3.63, 3.8) is 0 Å². The predicted octanol–water partition coefficient (Wildman–Crippen LogP) is 6.25. The Bertz CT molecular complexity index is 1350. The molecule has 2 amide bonds. The molecule has 2 atom stereocenters. The van der Waals surface area contributed by atoms with Crippen molar-refractivity contribution >= 4 is 51.6 Å². The van der Waals surface area contributed by atoms with Crippen molar-refractivity contribution in [2.75, 3.05) is 25.6 Å². The van der Waals surface area contributed by atoms with Gasteiger partial charge >= 0.3 is 0 Å². The number of carbonyl (C=O) groups is 2. The number of anilines is 1. The van der Waals surface area contributed by atoms with Crippen LogP contribution in [0.15, 0.2) is 42.6 Å². The molecular formula is C30H35Cl2N3O4. The molecule has 1 aliphatic heterocycles. The summed E-state index contributed by atoms with van der Waals surface area (Å²) in [5.74, 6) is -0.325. The Hall–Kier alpha value is -2.58. The van der Waals surface area contributed by atoms with Gasteiger partial charge in [0.05, 0.1) is 47.6 Å². The van der Waals surface area contributed by atoms with Gasteiger partial charge in [-0.25, -0.2) is 0 Å². The second-order valence-corrected chi connectivity index (χ2v) is 11.4. The third-order valence-corrected chi connectivity index (χ3v) is 8.64. The highest BCUT2D eigenvalue weighted by molar-refractivity contribution is 6.36. The third-order valence-electron chi connectivity index (χ3n) is 7.97. The van der Waals surface area contributed by atoms with E-state index in [1.165, 1.54) is 19.3 Å². The Morgan fingerprint density at radius 3 is 2.59 bits per heavy atom. The van der Waals surface area contributed by atoms with E-state index in [9.17, 15) is 9.59 Å². The molecule has 0 radical (unpaired) electrons. The summed E-state index contributed by atoms with van der Waals surface area (Å²) in [6.07, 6.45) is 8.77. The molecule has 2 fully saturated rings. The quantitative estimate of drug-likeness (QED) is 0.347. The van der Waals surface area contributed by atoms with Crippen molar-refractivity contribution in [1.82, 2.24) is 9.47 Å². The summed E-state index contributed by atoms with van der Waals surface area (Å²) in [7, 11) is 3.58. The number of halogens is 2. The average Bonchev–Trinajstić information content (AvgIpc) is 3.52. The van der Waals surface area contributed by atoms with Gasteiger partial charge in [-0.15, -0.1) is 0 Å². The summed E-state index contributed by atoms with van der Waals surface area (Å²) in [6, 6.07) is 11.0. The van der Waals surface area contributed by atoms with Crippen LogP contribution in [0.3, 0.4) is 0 Å². The molecule has 0 unspecified atom stereocenters. The average molecular weight is 573 g/mol. The van der Waals surface area contributed by atoms with Crippen molar-refractivity contribution < 1.29 is 19.1 Å². The second-order valence-electron chi connectivity index (χ2n) is 10.6. The number of amides is 2. The predicted molar refractivity (Wildman–Crippen MR) is 155 cm³/mol. The summed E-state index contributed by atoms with van der Waals surface area (Å²) in [5.41, 5.74) is 2.52. The van der Waals surface area contributed by atoms with Gasteiger partial charge in [-0.2, -0.15) is 0 Å². The normalized spacial score (nSPS) is 20.1. The number of ether oxygens (including phenoxy) is 2. The Balaban J connectivity index is 1.26. The lowest BCUT2D eigenvalue weighted by Crippen LogP contribution is -2.40. The number of rotatable bonds is 8. The van der Waals surface area contributed by atoms with Crippen molar-refractivity contribution in [2.24, 2.45) is 7.05 Å². The first-order valence-electron chi connectivity index (χ1n) is 13.6. The van der Waals surface area contributed by atoms with Crippen LogP contribution >= 0.6 is 23.2 Å². The van der Waals surface area contributed by atoms with Gasteiger partial charge in [0.25, 0.3) is 5.91 Å². The maximum absolute atomic E-state index is 13.4. The number of carbonyl (C=O) groups excluding carboxylic acids is 2. The molecule has 9 heteroatoms. The van der Waals surface area contributed by atoms with Crippen LogP contribution in [0.5, 0.6) is 0 Å². The fourth-order valence-corrected chi connectivity index (χ4v) is 6.25. The van der Waals surface area contributed by atoms with Crippen LogP contribution in [-0.2, 0) is 27.7 Å². The number of hydrogen-bond donors (Lipinski definition) is 1. The van der Waals surface area contributed by atoms with Crippen LogP contribution in [0.25, 0.3) is 10.9 Å². The van der Waals surface area contributed by atoms with Crippen LogP contribution in [0.2, 0.25) is 10.0 Å². The number of para-hydroxylation sites is 1. The molecular weight excluding hydrogens is 537 g/mol.